The van der Waals surface area contributed by atoms with Crippen LogP contribution < -0.4 is 5.56 Å². The summed E-state index contributed by atoms with van der Waals surface area (Å²) in [5.41, 5.74) is 1.37. The number of hydrogen-bond donors (Lipinski definition) is 0. The summed E-state index contributed by atoms with van der Waals surface area (Å²) >= 11 is 5.96. The van der Waals surface area contributed by atoms with E-state index in [4.69, 9.17) is 16.3 Å². The van der Waals surface area contributed by atoms with Gasteiger partial charge in [0.2, 0.25) is 0 Å². The van der Waals surface area contributed by atoms with Crippen molar-refractivity contribution in [2.45, 2.75) is 6.92 Å². The number of nitrogens with zero attached hydrogens (tertiary/aromatic N) is 1. The van der Waals surface area contributed by atoms with E-state index >= 15 is 0 Å². The number of benzene rings is 1. The Balaban J connectivity index is 2.64. The number of aryl methyl sites for hydroxylation is 1. The van der Waals surface area contributed by atoms with Gasteiger partial charge in [-0.2, -0.15) is 0 Å². The largest absolute Gasteiger partial charge is 0.462 e. The molecule has 0 atom stereocenters. The lowest BCUT2D eigenvalue weighted by molar-refractivity contribution is 0.0526. The van der Waals surface area contributed by atoms with Gasteiger partial charge in [-0.15, -0.1) is 0 Å². The van der Waals surface area contributed by atoms with E-state index in [1.54, 1.807) is 38.2 Å². The molecule has 0 N–H and O–H groups in total. The molecule has 0 saturated carbocycles. The van der Waals surface area contributed by atoms with Gasteiger partial charge in [0, 0.05) is 29.9 Å². The normalized spacial score (nSPS) is 10.3. The molecule has 5 heteroatoms. The maximum absolute atomic E-state index is 12.0. The molecule has 0 aliphatic heterocycles. The van der Waals surface area contributed by atoms with Gasteiger partial charge in [0.05, 0.1) is 12.2 Å². The monoisotopic (exact) mass is 291 g/mol. The van der Waals surface area contributed by atoms with Gasteiger partial charge >= 0.3 is 5.97 Å². The molecule has 0 saturated heterocycles. The van der Waals surface area contributed by atoms with Crippen molar-refractivity contribution in [1.82, 2.24) is 4.57 Å². The lowest BCUT2D eigenvalue weighted by Gasteiger charge is -2.10. The van der Waals surface area contributed by atoms with E-state index in [0.29, 0.717) is 21.7 Å². The number of aromatic nitrogens is 1. The van der Waals surface area contributed by atoms with E-state index in [9.17, 15) is 9.59 Å². The predicted molar refractivity (Wildman–Crippen MR) is 78.1 cm³/mol. The molecule has 2 rings (SSSR count). The smallest absolute Gasteiger partial charge is 0.340 e. The summed E-state index contributed by atoms with van der Waals surface area (Å²) in [6, 6.07) is 8.42. The Morgan fingerprint density at radius 3 is 2.75 bits per heavy atom. The van der Waals surface area contributed by atoms with E-state index in [1.807, 2.05) is 0 Å². The molecular weight excluding hydrogens is 278 g/mol. The molecule has 0 aliphatic rings. The third-order valence-electron chi connectivity index (χ3n) is 2.86. The first-order valence-electron chi connectivity index (χ1n) is 6.16. The van der Waals surface area contributed by atoms with Crippen LogP contribution in [0.4, 0.5) is 0 Å². The lowest BCUT2D eigenvalue weighted by Crippen LogP contribution is -2.19. The number of halogens is 1. The summed E-state index contributed by atoms with van der Waals surface area (Å²) < 4.78 is 6.38. The molecule has 0 unspecified atom stereocenters. The Morgan fingerprint density at radius 2 is 2.10 bits per heavy atom. The Hall–Kier alpha value is -2.07. The van der Waals surface area contributed by atoms with Crippen LogP contribution in [0.1, 0.15) is 17.3 Å². The molecule has 104 valence electrons. The summed E-state index contributed by atoms with van der Waals surface area (Å²) in [5, 5.41) is 0.540. The Morgan fingerprint density at radius 1 is 1.35 bits per heavy atom. The van der Waals surface area contributed by atoms with Crippen molar-refractivity contribution in [2.24, 2.45) is 7.05 Å². The molecule has 20 heavy (non-hydrogen) atoms. The fourth-order valence-corrected chi connectivity index (χ4v) is 2.09. The van der Waals surface area contributed by atoms with Crippen LogP contribution >= 0.6 is 11.6 Å². The number of hydrogen-bond acceptors (Lipinski definition) is 3. The second-order valence-corrected chi connectivity index (χ2v) is 4.72. The Kier molecular flexibility index (Phi) is 4.25. The molecule has 0 aliphatic carbocycles. The standard InChI is InChI=1S/C15H14ClNO3/c1-3-20-15(19)13-9-17(2)14(18)8-12(13)10-5-4-6-11(16)7-10/h4-9H,3H2,1-2H3. The minimum Gasteiger partial charge on any atom is -0.462 e. The highest BCUT2D eigenvalue weighted by atomic mass is 35.5. The van der Waals surface area contributed by atoms with E-state index in [0.717, 1.165) is 0 Å². The first-order chi connectivity index (χ1) is 9.52. The minimum atomic E-state index is -0.460. The first-order valence-corrected chi connectivity index (χ1v) is 6.54. The average molecular weight is 292 g/mol. The fraction of sp³-hybridized carbons (Fsp3) is 0.200. The minimum absolute atomic E-state index is 0.201. The van der Waals surface area contributed by atoms with E-state index < -0.39 is 5.97 Å². The van der Waals surface area contributed by atoms with Crippen molar-refractivity contribution in [3.8, 4) is 11.1 Å². The van der Waals surface area contributed by atoms with Crippen LogP contribution in [0.3, 0.4) is 0 Å². The van der Waals surface area contributed by atoms with Crippen LogP contribution in [0.25, 0.3) is 11.1 Å². The van der Waals surface area contributed by atoms with Gasteiger partial charge in [-0.3, -0.25) is 4.79 Å². The van der Waals surface area contributed by atoms with Gasteiger partial charge in [-0.1, -0.05) is 23.7 Å². The zero-order valence-corrected chi connectivity index (χ0v) is 12.0. The lowest BCUT2D eigenvalue weighted by atomic mass is 10.0. The number of carbonyl (C=O) groups excluding carboxylic acids is 1. The average Bonchev–Trinajstić information content (AvgIpc) is 2.41. The quantitative estimate of drug-likeness (QED) is 0.817. The van der Waals surface area contributed by atoms with Crippen LogP contribution in [0, 0.1) is 0 Å². The number of esters is 1. The van der Waals surface area contributed by atoms with Gasteiger partial charge in [-0.25, -0.2) is 4.79 Å². The maximum atomic E-state index is 12.0. The van der Waals surface area contributed by atoms with Gasteiger partial charge in [0.25, 0.3) is 5.56 Å². The molecule has 2 aromatic rings. The molecule has 0 spiro atoms. The SMILES string of the molecule is CCOC(=O)c1cn(C)c(=O)cc1-c1cccc(Cl)c1. The number of ether oxygens (including phenoxy) is 1. The molecule has 1 aromatic carbocycles. The highest BCUT2D eigenvalue weighted by Crippen LogP contribution is 2.25. The Labute approximate surface area is 121 Å². The second-order valence-electron chi connectivity index (χ2n) is 4.28. The summed E-state index contributed by atoms with van der Waals surface area (Å²) in [6.45, 7) is 2.01. The molecule has 0 radical (unpaired) electrons. The van der Waals surface area contributed by atoms with Crippen LogP contribution in [-0.2, 0) is 11.8 Å². The highest BCUT2D eigenvalue weighted by Gasteiger charge is 2.16. The van der Waals surface area contributed by atoms with E-state index in [2.05, 4.69) is 0 Å². The van der Waals surface area contributed by atoms with Crippen molar-refractivity contribution in [1.29, 1.82) is 0 Å². The molecule has 1 heterocycles. The maximum Gasteiger partial charge on any atom is 0.340 e. The van der Waals surface area contributed by atoms with Gasteiger partial charge in [0.15, 0.2) is 0 Å². The summed E-state index contributed by atoms with van der Waals surface area (Å²) in [6.07, 6.45) is 1.48. The third-order valence-corrected chi connectivity index (χ3v) is 3.09. The number of carbonyl (C=O) groups is 1. The zero-order valence-electron chi connectivity index (χ0n) is 11.2. The van der Waals surface area contributed by atoms with Crippen molar-refractivity contribution in [3.05, 3.63) is 57.5 Å². The molecule has 0 amide bonds. The summed E-state index contributed by atoms with van der Waals surface area (Å²) in [5.74, 6) is -0.460. The van der Waals surface area contributed by atoms with E-state index in [1.165, 1.54) is 16.8 Å². The molecule has 0 bridgehead atoms. The number of pyridine rings is 1. The van der Waals surface area contributed by atoms with Crippen LogP contribution in [0.5, 0.6) is 0 Å². The predicted octanol–water partition coefficient (Wildman–Crippen LogP) is 2.88. The summed E-state index contributed by atoms with van der Waals surface area (Å²) in [4.78, 5) is 23.8. The second kappa shape index (κ2) is 5.92. The number of rotatable bonds is 3. The van der Waals surface area contributed by atoms with Crippen LogP contribution in [-0.4, -0.2) is 17.1 Å². The summed E-state index contributed by atoms with van der Waals surface area (Å²) in [7, 11) is 1.59. The van der Waals surface area contributed by atoms with Gasteiger partial charge in [0.1, 0.15) is 0 Å². The third kappa shape index (κ3) is 2.91. The fourth-order valence-electron chi connectivity index (χ4n) is 1.90. The highest BCUT2D eigenvalue weighted by molar-refractivity contribution is 6.30. The van der Waals surface area contributed by atoms with Crippen LogP contribution in [0.2, 0.25) is 5.02 Å². The Bertz CT molecular complexity index is 707. The molecule has 4 nitrogen and oxygen atoms in total. The van der Waals surface area contributed by atoms with Gasteiger partial charge in [-0.05, 0) is 24.6 Å². The van der Waals surface area contributed by atoms with Crippen molar-refractivity contribution in [3.63, 3.8) is 0 Å². The van der Waals surface area contributed by atoms with Crippen molar-refractivity contribution in [2.75, 3.05) is 6.61 Å². The molecule has 0 fully saturated rings. The van der Waals surface area contributed by atoms with E-state index in [-0.39, 0.29) is 12.2 Å². The van der Waals surface area contributed by atoms with Crippen molar-refractivity contribution < 1.29 is 9.53 Å². The topological polar surface area (TPSA) is 48.3 Å². The van der Waals surface area contributed by atoms with Crippen molar-refractivity contribution >= 4 is 17.6 Å². The molecule has 1 aromatic heterocycles. The molecular formula is C15H14ClNO3. The van der Waals surface area contributed by atoms with Gasteiger partial charge < -0.3 is 9.30 Å². The van der Waals surface area contributed by atoms with Crippen LogP contribution in [0.15, 0.2) is 41.3 Å². The first kappa shape index (κ1) is 14.3. The zero-order chi connectivity index (χ0) is 14.7.